The lowest BCUT2D eigenvalue weighted by molar-refractivity contribution is 0.0698. The van der Waals surface area contributed by atoms with Gasteiger partial charge in [0.15, 0.2) is 0 Å². The lowest BCUT2D eigenvalue weighted by Gasteiger charge is -2.34. The SMILES string of the molecule is O=C(c1ccc(OCCSc2ccccc2)cc1)N1CCN(S(=O)(=O)c2ccccc2)CC1. The molecule has 1 fully saturated rings. The molecule has 0 saturated carbocycles. The summed E-state index contributed by atoms with van der Waals surface area (Å²) in [6.45, 7) is 1.86. The Morgan fingerprint density at radius 1 is 0.818 bits per heavy atom. The molecule has 0 aliphatic carbocycles. The van der Waals surface area contributed by atoms with Crippen LogP contribution < -0.4 is 4.74 Å². The van der Waals surface area contributed by atoms with Crippen molar-refractivity contribution in [3.63, 3.8) is 0 Å². The Balaban J connectivity index is 1.26. The number of rotatable bonds is 8. The number of hydrogen-bond acceptors (Lipinski definition) is 5. The highest BCUT2D eigenvalue weighted by Crippen LogP contribution is 2.20. The maximum atomic E-state index is 12.9. The molecule has 1 saturated heterocycles. The molecule has 6 nitrogen and oxygen atoms in total. The van der Waals surface area contributed by atoms with E-state index in [0.29, 0.717) is 25.3 Å². The van der Waals surface area contributed by atoms with Crippen LogP contribution in [0.15, 0.2) is 94.7 Å². The average molecular weight is 483 g/mol. The maximum Gasteiger partial charge on any atom is 0.253 e. The van der Waals surface area contributed by atoms with Crippen LogP contribution in [0.2, 0.25) is 0 Å². The smallest absolute Gasteiger partial charge is 0.253 e. The highest BCUT2D eigenvalue weighted by molar-refractivity contribution is 7.99. The van der Waals surface area contributed by atoms with Gasteiger partial charge in [-0.05, 0) is 48.5 Å². The van der Waals surface area contributed by atoms with Crippen LogP contribution in [0, 0.1) is 0 Å². The third kappa shape index (κ3) is 5.96. The first kappa shape index (κ1) is 23.4. The molecule has 3 aromatic rings. The lowest BCUT2D eigenvalue weighted by Crippen LogP contribution is -2.50. The van der Waals surface area contributed by atoms with Crippen LogP contribution in [0.5, 0.6) is 5.75 Å². The van der Waals surface area contributed by atoms with E-state index in [1.807, 2.05) is 18.2 Å². The first-order valence-corrected chi connectivity index (χ1v) is 13.2. The summed E-state index contributed by atoms with van der Waals surface area (Å²) in [6.07, 6.45) is 0. The number of hydrogen-bond donors (Lipinski definition) is 0. The lowest BCUT2D eigenvalue weighted by atomic mass is 10.2. The van der Waals surface area contributed by atoms with Crippen molar-refractivity contribution in [1.82, 2.24) is 9.21 Å². The zero-order valence-electron chi connectivity index (χ0n) is 18.2. The Bertz CT molecular complexity index is 1150. The van der Waals surface area contributed by atoms with E-state index in [2.05, 4.69) is 12.1 Å². The van der Waals surface area contributed by atoms with Crippen molar-refractivity contribution in [2.24, 2.45) is 0 Å². The van der Waals surface area contributed by atoms with Gasteiger partial charge >= 0.3 is 0 Å². The van der Waals surface area contributed by atoms with Crippen LogP contribution in [-0.2, 0) is 10.0 Å². The van der Waals surface area contributed by atoms with E-state index in [1.165, 1.54) is 9.20 Å². The Kier molecular flexibility index (Phi) is 7.69. The van der Waals surface area contributed by atoms with Gasteiger partial charge in [-0.3, -0.25) is 4.79 Å². The molecule has 8 heteroatoms. The Morgan fingerprint density at radius 2 is 1.42 bits per heavy atom. The third-order valence-electron chi connectivity index (χ3n) is 5.37. The number of sulfonamides is 1. The number of benzene rings is 3. The molecule has 0 bridgehead atoms. The van der Waals surface area contributed by atoms with E-state index < -0.39 is 10.0 Å². The van der Waals surface area contributed by atoms with Gasteiger partial charge < -0.3 is 9.64 Å². The van der Waals surface area contributed by atoms with Crippen LogP contribution in [0.25, 0.3) is 0 Å². The molecule has 0 aromatic heterocycles. The summed E-state index contributed by atoms with van der Waals surface area (Å²) in [5.41, 5.74) is 0.570. The van der Waals surface area contributed by atoms with Gasteiger partial charge in [-0.15, -0.1) is 11.8 Å². The molecule has 0 unspecified atom stereocenters. The van der Waals surface area contributed by atoms with E-state index in [4.69, 9.17) is 4.74 Å². The third-order valence-corrected chi connectivity index (χ3v) is 8.26. The maximum absolute atomic E-state index is 12.9. The normalized spacial score (nSPS) is 14.7. The van der Waals surface area contributed by atoms with Gasteiger partial charge in [-0.25, -0.2) is 8.42 Å². The number of nitrogens with zero attached hydrogens (tertiary/aromatic N) is 2. The first-order valence-electron chi connectivity index (χ1n) is 10.8. The Labute approximate surface area is 199 Å². The summed E-state index contributed by atoms with van der Waals surface area (Å²) in [5, 5.41) is 0. The fourth-order valence-corrected chi connectivity index (χ4v) is 5.78. The van der Waals surface area contributed by atoms with Crippen LogP contribution in [0.4, 0.5) is 0 Å². The number of thioether (sulfide) groups is 1. The number of carbonyl (C=O) groups excluding carboxylic acids is 1. The number of carbonyl (C=O) groups is 1. The average Bonchev–Trinajstić information content (AvgIpc) is 2.88. The number of piperazine rings is 1. The zero-order valence-corrected chi connectivity index (χ0v) is 19.8. The predicted molar refractivity (Wildman–Crippen MR) is 130 cm³/mol. The van der Waals surface area contributed by atoms with Crippen molar-refractivity contribution in [2.75, 3.05) is 38.5 Å². The Hall–Kier alpha value is -2.81. The van der Waals surface area contributed by atoms with Crippen LogP contribution in [0.3, 0.4) is 0 Å². The molecular formula is C25H26N2O4S2. The molecule has 0 radical (unpaired) electrons. The summed E-state index contributed by atoms with van der Waals surface area (Å²) in [4.78, 5) is 16.1. The second-order valence-electron chi connectivity index (χ2n) is 7.54. The highest BCUT2D eigenvalue weighted by atomic mass is 32.2. The molecule has 0 spiro atoms. The summed E-state index contributed by atoms with van der Waals surface area (Å²) in [5.74, 6) is 1.46. The standard InChI is InChI=1S/C25H26N2O4S2/c28-25(26-15-17-27(18-16-26)33(29,30)24-9-5-2-6-10-24)21-11-13-22(14-12-21)31-19-20-32-23-7-3-1-4-8-23/h1-14H,15-20H2. The minimum Gasteiger partial charge on any atom is -0.493 e. The van der Waals surface area contributed by atoms with Crippen LogP contribution >= 0.6 is 11.8 Å². The van der Waals surface area contributed by atoms with Crippen LogP contribution in [-0.4, -0.2) is 62.1 Å². The summed E-state index contributed by atoms with van der Waals surface area (Å²) >= 11 is 1.73. The molecule has 1 heterocycles. The van der Waals surface area contributed by atoms with Crippen LogP contribution in [0.1, 0.15) is 10.4 Å². The van der Waals surface area contributed by atoms with Crippen molar-refractivity contribution in [3.05, 3.63) is 90.5 Å². The van der Waals surface area contributed by atoms with E-state index >= 15 is 0 Å². The molecule has 33 heavy (non-hydrogen) atoms. The fraction of sp³-hybridized carbons (Fsp3) is 0.240. The van der Waals surface area contributed by atoms with Crippen molar-refractivity contribution >= 4 is 27.7 Å². The van der Waals surface area contributed by atoms with E-state index in [0.717, 1.165) is 11.5 Å². The molecular weight excluding hydrogens is 456 g/mol. The quantitative estimate of drug-likeness (QED) is 0.359. The van der Waals surface area contributed by atoms with Crippen molar-refractivity contribution < 1.29 is 17.9 Å². The monoisotopic (exact) mass is 482 g/mol. The molecule has 0 N–H and O–H groups in total. The summed E-state index contributed by atoms with van der Waals surface area (Å²) in [7, 11) is -3.53. The van der Waals surface area contributed by atoms with E-state index in [1.54, 1.807) is 71.3 Å². The molecule has 0 atom stereocenters. The zero-order chi connectivity index (χ0) is 23.1. The van der Waals surface area contributed by atoms with Gasteiger partial charge in [-0.2, -0.15) is 4.31 Å². The Morgan fingerprint density at radius 3 is 2.06 bits per heavy atom. The minimum absolute atomic E-state index is 0.0991. The molecule has 172 valence electrons. The van der Waals surface area contributed by atoms with E-state index in [-0.39, 0.29) is 23.9 Å². The molecule has 1 amide bonds. The first-order chi connectivity index (χ1) is 16.0. The fourth-order valence-electron chi connectivity index (χ4n) is 3.59. The van der Waals surface area contributed by atoms with Gasteiger partial charge in [-0.1, -0.05) is 36.4 Å². The molecule has 4 rings (SSSR count). The van der Waals surface area contributed by atoms with Gasteiger partial charge in [0.1, 0.15) is 5.75 Å². The topological polar surface area (TPSA) is 66.9 Å². The van der Waals surface area contributed by atoms with Gasteiger partial charge in [0, 0.05) is 42.4 Å². The molecule has 3 aromatic carbocycles. The number of ether oxygens (including phenoxy) is 1. The minimum atomic E-state index is -3.53. The predicted octanol–water partition coefficient (Wildman–Crippen LogP) is 4.00. The second-order valence-corrected chi connectivity index (χ2v) is 10.6. The highest BCUT2D eigenvalue weighted by Gasteiger charge is 2.30. The van der Waals surface area contributed by atoms with Crippen molar-refractivity contribution in [1.29, 1.82) is 0 Å². The second kappa shape index (κ2) is 10.9. The largest absolute Gasteiger partial charge is 0.493 e. The summed E-state index contributed by atoms with van der Waals surface area (Å²) in [6, 6.07) is 25.7. The molecule has 1 aliphatic rings. The van der Waals surface area contributed by atoms with Crippen molar-refractivity contribution in [2.45, 2.75) is 9.79 Å². The van der Waals surface area contributed by atoms with Gasteiger partial charge in [0.05, 0.1) is 11.5 Å². The van der Waals surface area contributed by atoms with Gasteiger partial charge in [0.2, 0.25) is 10.0 Å². The van der Waals surface area contributed by atoms with E-state index in [9.17, 15) is 13.2 Å². The number of amides is 1. The van der Waals surface area contributed by atoms with Crippen molar-refractivity contribution in [3.8, 4) is 5.75 Å². The van der Waals surface area contributed by atoms with Gasteiger partial charge in [0.25, 0.3) is 5.91 Å². The summed E-state index contributed by atoms with van der Waals surface area (Å²) < 4.78 is 32.8. The molecule has 1 aliphatic heterocycles.